The lowest BCUT2D eigenvalue weighted by Crippen LogP contribution is -2.30. The second-order valence-corrected chi connectivity index (χ2v) is 4.52. The van der Waals surface area contributed by atoms with E-state index in [-0.39, 0.29) is 6.04 Å². The minimum atomic E-state index is 0.287. The van der Waals surface area contributed by atoms with Crippen LogP contribution >= 0.6 is 0 Å². The van der Waals surface area contributed by atoms with E-state index in [2.05, 4.69) is 23.7 Å². The Labute approximate surface area is 88.1 Å². The zero-order chi connectivity index (χ0) is 10.4. The first-order valence-electron chi connectivity index (χ1n) is 5.81. The molecular formula is C12H22N2. The van der Waals surface area contributed by atoms with E-state index < -0.39 is 0 Å². The molecule has 0 aromatic carbocycles. The van der Waals surface area contributed by atoms with Gasteiger partial charge in [-0.2, -0.15) is 0 Å². The fraction of sp³-hybridized carbons (Fsp3) is 0.917. The van der Waals surface area contributed by atoms with E-state index in [0.717, 1.165) is 18.8 Å². The highest BCUT2D eigenvalue weighted by atomic mass is 15.1. The third-order valence-electron chi connectivity index (χ3n) is 3.40. The van der Waals surface area contributed by atoms with Gasteiger partial charge in [0.25, 0.3) is 0 Å². The number of rotatable bonds is 4. The monoisotopic (exact) mass is 194 g/mol. The van der Waals surface area contributed by atoms with Crippen molar-refractivity contribution < 1.29 is 0 Å². The van der Waals surface area contributed by atoms with E-state index in [0.29, 0.717) is 0 Å². The molecule has 2 nitrogen and oxygen atoms in total. The third-order valence-corrected chi connectivity index (χ3v) is 3.40. The van der Waals surface area contributed by atoms with Gasteiger partial charge >= 0.3 is 0 Å². The highest BCUT2D eigenvalue weighted by Crippen LogP contribution is 2.22. The van der Waals surface area contributed by atoms with Crippen LogP contribution in [0.5, 0.6) is 0 Å². The second-order valence-electron chi connectivity index (χ2n) is 4.52. The molecule has 80 valence electrons. The molecule has 1 heterocycles. The van der Waals surface area contributed by atoms with Crippen LogP contribution in [0.15, 0.2) is 0 Å². The Hall–Kier alpha value is -0.550. The summed E-state index contributed by atoms with van der Waals surface area (Å²) in [6, 6.07) is 0.287. The van der Waals surface area contributed by atoms with Gasteiger partial charge in [0, 0.05) is 12.8 Å². The molecule has 14 heavy (non-hydrogen) atoms. The second kappa shape index (κ2) is 6.03. The average molecular weight is 194 g/mol. The van der Waals surface area contributed by atoms with E-state index >= 15 is 0 Å². The smallest absolute Gasteiger partial charge is 0.223 e. The van der Waals surface area contributed by atoms with Crippen molar-refractivity contribution in [3.8, 4) is 0 Å². The van der Waals surface area contributed by atoms with Gasteiger partial charge in [0.15, 0.2) is 0 Å². The van der Waals surface area contributed by atoms with Crippen LogP contribution < -0.4 is 0 Å². The summed E-state index contributed by atoms with van der Waals surface area (Å²) in [4.78, 5) is 6.05. The first-order chi connectivity index (χ1) is 6.76. The maximum Gasteiger partial charge on any atom is 0.223 e. The molecule has 1 aliphatic rings. The summed E-state index contributed by atoms with van der Waals surface area (Å²) in [5.74, 6) is 0.891. The normalized spacial score (nSPS) is 21.8. The summed E-state index contributed by atoms with van der Waals surface area (Å²) in [5, 5.41) is 0. The fourth-order valence-corrected chi connectivity index (χ4v) is 2.14. The van der Waals surface area contributed by atoms with Crippen LogP contribution in [0.3, 0.4) is 0 Å². The molecule has 0 amide bonds. The van der Waals surface area contributed by atoms with Crippen molar-refractivity contribution in [2.75, 3.05) is 20.1 Å². The third kappa shape index (κ3) is 3.67. The molecule has 1 unspecified atom stereocenters. The van der Waals surface area contributed by atoms with Crippen molar-refractivity contribution in [2.45, 2.75) is 45.1 Å². The lowest BCUT2D eigenvalue weighted by molar-refractivity contribution is 0.209. The molecule has 1 fully saturated rings. The van der Waals surface area contributed by atoms with Crippen LogP contribution in [0.2, 0.25) is 0 Å². The van der Waals surface area contributed by atoms with Crippen LogP contribution in [-0.4, -0.2) is 31.1 Å². The number of nitrogens with zero attached hydrogens (tertiary/aromatic N) is 2. The molecule has 1 atom stereocenters. The number of likely N-dealkylation sites (tertiary alicyclic amines) is 1. The van der Waals surface area contributed by atoms with Crippen molar-refractivity contribution in [3.05, 3.63) is 11.4 Å². The predicted molar refractivity (Wildman–Crippen MR) is 60.1 cm³/mol. The van der Waals surface area contributed by atoms with Crippen LogP contribution in [0.1, 0.15) is 39.0 Å². The van der Waals surface area contributed by atoms with Crippen molar-refractivity contribution in [3.63, 3.8) is 0 Å². The van der Waals surface area contributed by atoms with Crippen molar-refractivity contribution in [1.29, 1.82) is 0 Å². The minimum Gasteiger partial charge on any atom is -0.314 e. The van der Waals surface area contributed by atoms with Gasteiger partial charge in [0.1, 0.15) is 0 Å². The number of hydrogen-bond donors (Lipinski definition) is 0. The quantitative estimate of drug-likeness (QED) is 0.624. The van der Waals surface area contributed by atoms with Gasteiger partial charge in [-0.1, -0.05) is 6.92 Å². The first kappa shape index (κ1) is 11.5. The maximum absolute atomic E-state index is 7.03. The standard InChI is InChI=1S/C12H22N2/c1-4-12(13-2)6-5-11-7-9-14(3)10-8-11/h11-12H,4-10H2,1,3H3. The topological polar surface area (TPSA) is 7.60 Å². The first-order valence-corrected chi connectivity index (χ1v) is 5.81. The molecule has 0 aromatic heterocycles. The fourth-order valence-electron chi connectivity index (χ4n) is 2.14. The van der Waals surface area contributed by atoms with Crippen molar-refractivity contribution in [2.24, 2.45) is 5.92 Å². The molecule has 1 aliphatic heterocycles. The van der Waals surface area contributed by atoms with Gasteiger partial charge in [-0.25, -0.2) is 6.57 Å². The number of hydrogen-bond acceptors (Lipinski definition) is 1. The molecular weight excluding hydrogens is 172 g/mol. The van der Waals surface area contributed by atoms with Crippen LogP contribution in [0.25, 0.3) is 4.85 Å². The highest BCUT2D eigenvalue weighted by Gasteiger charge is 2.19. The Kier molecular flexibility index (Phi) is 4.97. The van der Waals surface area contributed by atoms with E-state index in [4.69, 9.17) is 6.57 Å². The van der Waals surface area contributed by atoms with Crippen molar-refractivity contribution >= 4 is 0 Å². The Bertz CT molecular complexity index is 187. The summed E-state index contributed by atoms with van der Waals surface area (Å²) in [7, 11) is 2.20. The molecule has 0 aliphatic carbocycles. The van der Waals surface area contributed by atoms with E-state index in [9.17, 15) is 0 Å². The molecule has 0 spiro atoms. The molecule has 0 N–H and O–H groups in total. The lowest BCUT2D eigenvalue weighted by Gasteiger charge is -2.28. The Morgan fingerprint density at radius 1 is 1.43 bits per heavy atom. The van der Waals surface area contributed by atoms with Crippen LogP contribution in [0, 0.1) is 12.5 Å². The molecule has 0 radical (unpaired) electrons. The van der Waals surface area contributed by atoms with Crippen molar-refractivity contribution in [1.82, 2.24) is 4.90 Å². The molecule has 1 saturated heterocycles. The summed E-state index contributed by atoms with van der Waals surface area (Å²) < 4.78 is 0. The number of piperidine rings is 1. The molecule has 1 rings (SSSR count). The summed E-state index contributed by atoms with van der Waals surface area (Å²) in [6.45, 7) is 11.6. The zero-order valence-electron chi connectivity index (χ0n) is 9.50. The van der Waals surface area contributed by atoms with Gasteiger partial charge in [-0.15, -0.1) is 0 Å². The SMILES string of the molecule is [C-]#[N+]C(CC)CCC1CCN(C)CC1. The largest absolute Gasteiger partial charge is 0.314 e. The summed E-state index contributed by atoms with van der Waals surface area (Å²) >= 11 is 0. The maximum atomic E-state index is 7.03. The summed E-state index contributed by atoms with van der Waals surface area (Å²) in [5.41, 5.74) is 0. The van der Waals surface area contributed by atoms with E-state index in [1.807, 2.05) is 0 Å². The average Bonchev–Trinajstić information content (AvgIpc) is 2.22. The van der Waals surface area contributed by atoms with Crippen LogP contribution in [-0.2, 0) is 0 Å². The Balaban J connectivity index is 2.16. The molecule has 0 bridgehead atoms. The Morgan fingerprint density at radius 2 is 2.07 bits per heavy atom. The highest BCUT2D eigenvalue weighted by molar-refractivity contribution is 4.79. The van der Waals surface area contributed by atoms with Gasteiger partial charge in [0.2, 0.25) is 6.04 Å². The zero-order valence-corrected chi connectivity index (χ0v) is 9.50. The molecule has 2 heteroatoms. The van der Waals surface area contributed by atoms with Gasteiger partial charge < -0.3 is 9.74 Å². The summed E-state index contributed by atoms with van der Waals surface area (Å²) in [6.07, 6.45) is 6.09. The lowest BCUT2D eigenvalue weighted by atomic mass is 9.90. The van der Waals surface area contributed by atoms with Gasteiger partial charge in [0.05, 0.1) is 0 Å². The van der Waals surface area contributed by atoms with E-state index in [1.165, 1.54) is 32.4 Å². The Morgan fingerprint density at radius 3 is 2.57 bits per heavy atom. The molecule has 0 saturated carbocycles. The minimum absolute atomic E-state index is 0.287. The predicted octanol–water partition coefficient (Wildman–Crippen LogP) is 2.81. The van der Waals surface area contributed by atoms with E-state index in [1.54, 1.807) is 0 Å². The van der Waals surface area contributed by atoms with Gasteiger partial charge in [-0.3, -0.25) is 0 Å². The van der Waals surface area contributed by atoms with Crippen LogP contribution in [0.4, 0.5) is 0 Å². The molecule has 0 aromatic rings. The van der Waals surface area contributed by atoms with Gasteiger partial charge in [-0.05, 0) is 45.3 Å².